The quantitative estimate of drug-likeness (QED) is 0.731. The molecule has 1 aromatic carbocycles. The normalized spacial score (nSPS) is 17.9. The zero-order chi connectivity index (χ0) is 9.97. The number of fused-ring (bicyclic) bond motifs is 1. The van der Waals surface area contributed by atoms with Crippen LogP contribution in [0.4, 0.5) is 5.69 Å². The van der Waals surface area contributed by atoms with E-state index in [9.17, 15) is 0 Å². The molecule has 0 spiro atoms. The van der Waals surface area contributed by atoms with E-state index in [4.69, 9.17) is 0 Å². The summed E-state index contributed by atoms with van der Waals surface area (Å²) >= 11 is 0. The smallest absolute Gasteiger partial charge is 0.198 e. The van der Waals surface area contributed by atoms with Gasteiger partial charge in [-0.25, -0.2) is 0 Å². The number of para-hydroxylation sites is 1. The van der Waals surface area contributed by atoms with E-state index in [1.807, 2.05) is 13.1 Å². The molecule has 0 bridgehead atoms. The Morgan fingerprint density at radius 2 is 2.21 bits per heavy atom. The van der Waals surface area contributed by atoms with E-state index in [0.717, 1.165) is 19.0 Å². The van der Waals surface area contributed by atoms with Gasteiger partial charge in [-0.2, -0.15) is 0 Å². The minimum atomic E-state index is 0.951. The highest BCUT2D eigenvalue weighted by Gasteiger charge is 2.17. The highest BCUT2D eigenvalue weighted by Crippen LogP contribution is 2.22. The summed E-state index contributed by atoms with van der Waals surface area (Å²) in [5.74, 6) is 0.964. The Morgan fingerprint density at radius 1 is 1.43 bits per heavy atom. The summed E-state index contributed by atoms with van der Waals surface area (Å²) in [6.45, 7) is 4.07. The first-order valence-electron chi connectivity index (χ1n) is 4.91. The highest BCUT2D eigenvalue weighted by atomic mass is 15.3. The van der Waals surface area contributed by atoms with Crippen molar-refractivity contribution in [3.63, 3.8) is 0 Å². The SMILES string of the molecule is CCN1Cc2ccccc2NC1=NC. The molecule has 1 aliphatic heterocycles. The van der Waals surface area contributed by atoms with Crippen molar-refractivity contribution >= 4 is 11.6 Å². The van der Waals surface area contributed by atoms with Gasteiger partial charge >= 0.3 is 0 Å². The Hall–Kier alpha value is -1.51. The number of rotatable bonds is 1. The van der Waals surface area contributed by atoms with E-state index < -0.39 is 0 Å². The fourth-order valence-electron chi connectivity index (χ4n) is 1.72. The molecule has 0 fully saturated rings. The van der Waals surface area contributed by atoms with Gasteiger partial charge in [0.2, 0.25) is 0 Å². The summed E-state index contributed by atoms with van der Waals surface area (Å²) in [6, 6.07) is 8.36. The number of anilines is 1. The van der Waals surface area contributed by atoms with Crippen LogP contribution in [0.15, 0.2) is 29.3 Å². The maximum absolute atomic E-state index is 4.23. The molecule has 3 nitrogen and oxygen atoms in total. The summed E-state index contributed by atoms with van der Waals surface area (Å²) in [7, 11) is 1.82. The fraction of sp³-hybridized carbons (Fsp3) is 0.364. The molecule has 2 rings (SSSR count). The first kappa shape index (κ1) is 9.06. The van der Waals surface area contributed by atoms with Crippen LogP contribution in [0.3, 0.4) is 0 Å². The Morgan fingerprint density at radius 3 is 2.93 bits per heavy atom. The minimum Gasteiger partial charge on any atom is -0.339 e. The van der Waals surface area contributed by atoms with Crippen LogP contribution in [0, 0.1) is 0 Å². The number of aliphatic imine (C=N–C) groups is 1. The molecule has 14 heavy (non-hydrogen) atoms. The topological polar surface area (TPSA) is 27.6 Å². The van der Waals surface area contributed by atoms with Crippen molar-refractivity contribution in [1.82, 2.24) is 4.90 Å². The van der Waals surface area contributed by atoms with E-state index in [1.165, 1.54) is 11.3 Å². The largest absolute Gasteiger partial charge is 0.339 e. The van der Waals surface area contributed by atoms with Crippen LogP contribution in [-0.4, -0.2) is 24.5 Å². The molecule has 0 saturated heterocycles. The van der Waals surface area contributed by atoms with E-state index in [-0.39, 0.29) is 0 Å². The minimum absolute atomic E-state index is 0.951. The first-order chi connectivity index (χ1) is 6.85. The molecule has 0 amide bonds. The van der Waals surface area contributed by atoms with Crippen LogP contribution >= 0.6 is 0 Å². The van der Waals surface area contributed by atoms with Crippen molar-refractivity contribution in [2.45, 2.75) is 13.5 Å². The van der Waals surface area contributed by atoms with Gasteiger partial charge in [0.1, 0.15) is 0 Å². The van der Waals surface area contributed by atoms with Gasteiger partial charge in [-0.3, -0.25) is 4.99 Å². The summed E-state index contributed by atoms with van der Waals surface area (Å²) < 4.78 is 0. The second-order valence-corrected chi connectivity index (χ2v) is 3.34. The molecule has 0 aliphatic carbocycles. The number of hydrogen-bond acceptors (Lipinski definition) is 1. The molecule has 3 heteroatoms. The summed E-state index contributed by atoms with van der Waals surface area (Å²) in [6.07, 6.45) is 0. The predicted molar refractivity (Wildman–Crippen MR) is 59.5 cm³/mol. The zero-order valence-corrected chi connectivity index (χ0v) is 8.62. The highest BCUT2D eigenvalue weighted by molar-refractivity contribution is 5.96. The molecule has 0 radical (unpaired) electrons. The summed E-state index contributed by atoms with van der Waals surface area (Å²) in [5, 5.41) is 3.32. The van der Waals surface area contributed by atoms with Gasteiger partial charge in [0.15, 0.2) is 5.96 Å². The van der Waals surface area contributed by atoms with Gasteiger partial charge in [-0.05, 0) is 18.6 Å². The van der Waals surface area contributed by atoms with Crippen LogP contribution in [-0.2, 0) is 6.54 Å². The van der Waals surface area contributed by atoms with Crippen molar-refractivity contribution < 1.29 is 0 Å². The molecule has 1 heterocycles. The van der Waals surface area contributed by atoms with Crippen molar-refractivity contribution in [2.24, 2.45) is 4.99 Å². The van der Waals surface area contributed by atoms with Crippen LogP contribution < -0.4 is 5.32 Å². The molecule has 0 saturated carbocycles. The number of nitrogens with one attached hydrogen (secondary N) is 1. The zero-order valence-electron chi connectivity index (χ0n) is 8.62. The lowest BCUT2D eigenvalue weighted by molar-refractivity contribution is 0.427. The third-order valence-electron chi connectivity index (χ3n) is 2.52. The number of guanidine groups is 1. The van der Waals surface area contributed by atoms with Crippen LogP contribution in [0.25, 0.3) is 0 Å². The maximum Gasteiger partial charge on any atom is 0.198 e. The second-order valence-electron chi connectivity index (χ2n) is 3.34. The molecule has 1 aromatic rings. The van der Waals surface area contributed by atoms with Crippen molar-refractivity contribution in [1.29, 1.82) is 0 Å². The van der Waals surface area contributed by atoms with Gasteiger partial charge in [0.05, 0.1) is 0 Å². The van der Waals surface area contributed by atoms with Crippen LogP contribution in [0.2, 0.25) is 0 Å². The Kier molecular flexibility index (Phi) is 2.39. The number of benzene rings is 1. The fourth-order valence-corrected chi connectivity index (χ4v) is 1.72. The third-order valence-corrected chi connectivity index (χ3v) is 2.52. The van der Waals surface area contributed by atoms with Gasteiger partial charge in [-0.1, -0.05) is 18.2 Å². The summed E-state index contributed by atoms with van der Waals surface area (Å²) in [5.41, 5.74) is 2.51. The average molecular weight is 189 g/mol. The Bertz CT molecular complexity index is 357. The molecule has 0 aromatic heterocycles. The predicted octanol–water partition coefficient (Wildman–Crippen LogP) is 1.92. The Balaban J connectivity index is 2.34. The lowest BCUT2D eigenvalue weighted by Crippen LogP contribution is -2.39. The third kappa shape index (κ3) is 1.45. The van der Waals surface area contributed by atoms with Gasteiger partial charge < -0.3 is 10.2 Å². The molecule has 1 aliphatic rings. The van der Waals surface area contributed by atoms with Crippen molar-refractivity contribution in [3.05, 3.63) is 29.8 Å². The molecule has 1 N–H and O–H groups in total. The second kappa shape index (κ2) is 3.70. The molecule has 0 atom stereocenters. The monoisotopic (exact) mass is 189 g/mol. The van der Waals surface area contributed by atoms with Crippen LogP contribution in [0.5, 0.6) is 0 Å². The van der Waals surface area contributed by atoms with E-state index in [0.29, 0.717) is 0 Å². The number of nitrogens with zero attached hydrogens (tertiary/aromatic N) is 2. The van der Waals surface area contributed by atoms with Gasteiger partial charge in [-0.15, -0.1) is 0 Å². The molecule has 74 valence electrons. The molecular formula is C11H15N3. The van der Waals surface area contributed by atoms with E-state index >= 15 is 0 Å². The molecular weight excluding hydrogens is 174 g/mol. The summed E-state index contributed by atoms with van der Waals surface area (Å²) in [4.78, 5) is 6.45. The van der Waals surface area contributed by atoms with Crippen LogP contribution in [0.1, 0.15) is 12.5 Å². The maximum atomic E-state index is 4.23. The van der Waals surface area contributed by atoms with Gasteiger partial charge in [0, 0.05) is 25.8 Å². The first-order valence-corrected chi connectivity index (χ1v) is 4.91. The Labute approximate surface area is 84.5 Å². The number of hydrogen-bond donors (Lipinski definition) is 1. The van der Waals surface area contributed by atoms with Gasteiger partial charge in [0.25, 0.3) is 0 Å². The van der Waals surface area contributed by atoms with E-state index in [1.54, 1.807) is 0 Å². The van der Waals surface area contributed by atoms with Crippen molar-refractivity contribution in [2.75, 3.05) is 18.9 Å². The lowest BCUT2D eigenvalue weighted by atomic mass is 10.1. The van der Waals surface area contributed by atoms with Crippen molar-refractivity contribution in [3.8, 4) is 0 Å². The lowest BCUT2D eigenvalue weighted by Gasteiger charge is -2.31. The van der Waals surface area contributed by atoms with E-state index in [2.05, 4.69) is 40.3 Å². The molecule has 0 unspecified atom stereocenters. The average Bonchev–Trinajstić information content (AvgIpc) is 2.27. The standard InChI is InChI=1S/C11H15N3/c1-3-14-8-9-6-4-5-7-10(9)13-11(14)12-2/h4-7H,3,8H2,1-2H3,(H,12,13).